The summed E-state index contributed by atoms with van der Waals surface area (Å²) in [6.07, 6.45) is 1.47. The smallest absolute Gasteiger partial charge is 0.290 e. The van der Waals surface area contributed by atoms with Crippen molar-refractivity contribution in [2.45, 2.75) is 25.3 Å². The van der Waals surface area contributed by atoms with E-state index in [1.54, 1.807) is 23.1 Å². The lowest BCUT2D eigenvalue weighted by Crippen LogP contribution is -2.50. The maximum atomic E-state index is 13.0. The normalized spacial score (nSPS) is 15.0. The van der Waals surface area contributed by atoms with Gasteiger partial charge in [0.2, 0.25) is 10.0 Å². The molecule has 8 heteroatoms. The van der Waals surface area contributed by atoms with Gasteiger partial charge in [0.05, 0.1) is 11.2 Å². The number of furan rings is 1. The molecule has 1 aliphatic rings. The molecule has 1 aliphatic heterocycles. The number of carbonyl (C=O) groups excluding carboxylic acids is 1. The molecule has 3 aromatic rings. The molecule has 1 fully saturated rings. The van der Waals surface area contributed by atoms with Gasteiger partial charge in [-0.15, -0.1) is 0 Å². The summed E-state index contributed by atoms with van der Waals surface area (Å²) < 4.78 is 38.7. The van der Waals surface area contributed by atoms with Gasteiger partial charge >= 0.3 is 0 Å². The summed E-state index contributed by atoms with van der Waals surface area (Å²) in [5.41, 5.74) is 2.64. The average Bonchev–Trinajstić information content (AvgIpc) is 3.28. The standard InChI is InChI=1S/C24H26N2O5S/c1-18-8-9-22(16-19(18)2)32(28,29)26-13-11-25(12-14-26)24(27)23-20(10-15-30-23)17-31-21-6-4-3-5-7-21/h3-10,15-16H,11-14,17H2,1-2H3. The van der Waals surface area contributed by atoms with Gasteiger partial charge in [-0.2, -0.15) is 4.31 Å². The Kier molecular flexibility index (Phi) is 6.34. The minimum atomic E-state index is -3.60. The summed E-state index contributed by atoms with van der Waals surface area (Å²) >= 11 is 0. The van der Waals surface area contributed by atoms with Crippen LogP contribution < -0.4 is 4.74 Å². The van der Waals surface area contributed by atoms with Gasteiger partial charge in [-0.05, 0) is 55.3 Å². The van der Waals surface area contributed by atoms with E-state index in [1.165, 1.54) is 10.6 Å². The molecule has 0 radical (unpaired) electrons. The Hall–Kier alpha value is -3.10. The van der Waals surface area contributed by atoms with Gasteiger partial charge in [0.1, 0.15) is 12.4 Å². The zero-order valence-electron chi connectivity index (χ0n) is 18.2. The van der Waals surface area contributed by atoms with Crippen LogP contribution >= 0.6 is 0 Å². The van der Waals surface area contributed by atoms with Gasteiger partial charge in [-0.25, -0.2) is 8.42 Å². The number of sulfonamides is 1. The first kappa shape index (κ1) is 22.1. The van der Waals surface area contributed by atoms with Crippen molar-refractivity contribution in [3.05, 3.63) is 83.3 Å². The minimum absolute atomic E-state index is 0.211. The molecule has 0 saturated carbocycles. The maximum Gasteiger partial charge on any atom is 0.290 e. The summed E-state index contributed by atoms with van der Waals surface area (Å²) in [5, 5.41) is 0. The van der Waals surface area contributed by atoms with E-state index in [9.17, 15) is 13.2 Å². The molecular formula is C24H26N2O5S. The molecule has 7 nitrogen and oxygen atoms in total. The summed E-state index contributed by atoms with van der Waals surface area (Å²) in [4.78, 5) is 14.9. The van der Waals surface area contributed by atoms with Gasteiger partial charge < -0.3 is 14.1 Å². The second kappa shape index (κ2) is 9.18. The molecular weight excluding hydrogens is 428 g/mol. The predicted octanol–water partition coefficient (Wildman–Crippen LogP) is 3.62. The van der Waals surface area contributed by atoms with Gasteiger partial charge in [0, 0.05) is 31.7 Å². The summed E-state index contributed by atoms with van der Waals surface area (Å²) in [6.45, 7) is 5.11. The highest BCUT2D eigenvalue weighted by atomic mass is 32.2. The molecule has 4 rings (SSSR count). The molecule has 32 heavy (non-hydrogen) atoms. The molecule has 1 aromatic heterocycles. The third-order valence-corrected chi connectivity index (χ3v) is 7.62. The Morgan fingerprint density at radius 1 is 0.969 bits per heavy atom. The fourth-order valence-corrected chi connectivity index (χ4v) is 5.12. The monoisotopic (exact) mass is 454 g/mol. The van der Waals surface area contributed by atoms with Crippen LogP contribution in [0, 0.1) is 13.8 Å². The molecule has 1 amide bonds. The van der Waals surface area contributed by atoms with E-state index in [1.807, 2.05) is 50.2 Å². The highest BCUT2D eigenvalue weighted by Gasteiger charge is 2.32. The van der Waals surface area contributed by atoms with Crippen LogP contribution in [0.2, 0.25) is 0 Å². The molecule has 168 valence electrons. The van der Waals surface area contributed by atoms with Crippen molar-refractivity contribution in [2.75, 3.05) is 26.2 Å². The Morgan fingerprint density at radius 3 is 2.38 bits per heavy atom. The van der Waals surface area contributed by atoms with Crippen LogP contribution in [0.15, 0.2) is 70.2 Å². The van der Waals surface area contributed by atoms with E-state index in [0.29, 0.717) is 24.4 Å². The predicted molar refractivity (Wildman–Crippen MR) is 120 cm³/mol. The van der Waals surface area contributed by atoms with Gasteiger partial charge in [0.25, 0.3) is 5.91 Å². The number of carbonyl (C=O) groups is 1. The number of hydrogen-bond donors (Lipinski definition) is 0. The van der Waals surface area contributed by atoms with Crippen molar-refractivity contribution in [2.24, 2.45) is 0 Å². The highest BCUT2D eigenvalue weighted by Crippen LogP contribution is 2.22. The number of nitrogens with zero attached hydrogens (tertiary/aromatic N) is 2. The third-order valence-electron chi connectivity index (χ3n) is 5.72. The van der Waals surface area contributed by atoms with Gasteiger partial charge in [-0.3, -0.25) is 4.79 Å². The number of hydrogen-bond acceptors (Lipinski definition) is 5. The zero-order chi connectivity index (χ0) is 22.7. The lowest BCUT2D eigenvalue weighted by molar-refractivity contribution is 0.0662. The molecule has 0 atom stereocenters. The molecule has 0 aliphatic carbocycles. The molecule has 2 aromatic carbocycles. The van der Waals surface area contributed by atoms with E-state index in [0.717, 1.165) is 11.1 Å². The molecule has 0 unspecified atom stereocenters. The number of ether oxygens (including phenoxy) is 1. The summed E-state index contributed by atoms with van der Waals surface area (Å²) in [6, 6.07) is 16.2. The summed E-state index contributed by atoms with van der Waals surface area (Å²) in [5.74, 6) is 0.675. The highest BCUT2D eigenvalue weighted by molar-refractivity contribution is 7.89. The van der Waals surface area contributed by atoms with Gasteiger partial charge in [-0.1, -0.05) is 24.3 Å². The SMILES string of the molecule is Cc1ccc(S(=O)(=O)N2CCN(C(=O)c3occc3COc3ccccc3)CC2)cc1C. The second-order valence-electron chi connectivity index (χ2n) is 7.82. The van der Waals surface area contributed by atoms with Gasteiger partial charge in [0.15, 0.2) is 5.76 Å². The third kappa shape index (κ3) is 4.56. The number of para-hydroxylation sites is 1. The summed E-state index contributed by atoms with van der Waals surface area (Å²) in [7, 11) is -3.60. The number of benzene rings is 2. The fourth-order valence-electron chi connectivity index (χ4n) is 3.61. The van der Waals surface area contributed by atoms with Crippen LogP contribution in [-0.4, -0.2) is 49.7 Å². The topological polar surface area (TPSA) is 80.1 Å². The first-order valence-electron chi connectivity index (χ1n) is 10.5. The number of piperazine rings is 1. The lowest BCUT2D eigenvalue weighted by atomic mass is 10.1. The Balaban J connectivity index is 1.40. The van der Waals surface area contributed by atoms with E-state index in [-0.39, 0.29) is 36.3 Å². The number of aryl methyl sites for hydroxylation is 2. The van der Waals surface area contributed by atoms with Crippen LogP contribution in [-0.2, 0) is 16.6 Å². The van der Waals surface area contributed by atoms with Crippen molar-refractivity contribution < 1.29 is 22.4 Å². The van der Waals surface area contributed by atoms with Crippen LogP contribution in [0.4, 0.5) is 0 Å². The van der Waals surface area contributed by atoms with E-state index < -0.39 is 10.0 Å². The molecule has 1 saturated heterocycles. The van der Waals surface area contributed by atoms with E-state index in [4.69, 9.17) is 9.15 Å². The fraction of sp³-hybridized carbons (Fsp3) is 0.292. The van der Waals surface area contributed by atoms with Crippen molar-refractivity contribution in [3.63, 3.8) is 0 Å². The van der Waals surface area contributed by atoms with Crippen LogP contribution in [0.3, 0.4) is 0 Å². The molecule has 0 spiro atoms. The quantitative estimate of drug-likeness (QED) is 0.568. The van der Waals surface area contributed by atoms with E-state index >= 15 is 0 Å². The first-order chi connectivity index (χ1) is 15.4. The van der Waals surface area contributed by atoms with Crippen LogP contribution in [0.25, 0.3) is 0 Å². The van der Waals surface area contributed by atoms with Crippen LogP contribution in [0.5, 0.6) is 5.75 Å². The van der Waals surface area contributed by atoms with Crippen molar-refractivity contribution in [3.8, 4) is 5.75 Å². The molecule has 2 heterocycles. The second-order valence-corrected chi connectivity index (χ2v) is 9.76. The Bertz CT molecular complexity index is 1200. The number of amides is 1. The van der Waals surface area contributed by atoms with Crippen LogP contribution in [0.1, 0.15) is 27.2 Å². The van der Waals surface area contributed by atoms with Crippen molar-refractivity contribution in [1.82, 2.24) is 9.21 Å². The zero-order valence-corrected chi connectivity index (χ0v) is 19.0. The van der Waals surface area contributed by atoms with Crippen molar-refractivity contribution in [1.29, 1.82) is 0 Å². The Labute approximate surface area is 188 Å². The molecule has 0 bridgehead atoms. The molecule has 0 N–H and O–H groups in total. The average molecular weight is 455 g/mol. The minimum Gasteiger partial charge on any atom is -0.489 e. The lowest BCUT2D eigenvalue weighted by Gasteiger charge is -2.33. The maximum absolute atomic E-state index is 13.0. The number of rotatable bonds is 6. The first-order valence-corrected chi connectivity index (χ1v) is 11.9. The van der Waals surface area contributed by atoms with Crippen molar-refractivity contribution >= 4 is 15.9 Å². The Morgan fingerprint density at radius 2 is 1.69 bits per heavy atom. The largest absolute Gasteiger partial charge is 0.489 e. The van der Waals surface area contributed by atoms with E-state index in [2.05, 4.69) is 0 Å².